The van der Waals surface area contributed by atoms with Crippen molar-refractivity contribution < 1.29 is 49.0 Å². The highest BCUT2D eigenvalue weighted by Crippen LogP contribution is 2.23. The first-order valence-electron chi connectivity index (χ1n) is 24.4. The first-order valence-corrected chi connectivity index (χ1v) is 24.4. The minimum atomic E-state index is -1.59. The summed E-state index contributed by atoms with van der Waals surface area (Å²) in [5.41, 5.74) is 0. The van der Waals surface area contributed by atoms with E-state index < -0.39 is 49.4 Å². The SMILES string of the molecule is CCCCCC/C=C/CCCCCCCCCCCC(=O)OC[C@@H](CO[C@H]1O[C@@H](CO)[C@@H](O)C(O)C1O)OC(=O)CCCCCCCCCCC/C=C/CCCCCC. The Balaban J connectivity index is 2.28. The van der Waals surface area contributed by atoms with E-state index in [1.165, 1.54) is 141 Å². The number of allylic oxidation sites excluding steroid dienone is 4. The third-order valence-corrected chi connectivity index (χ3v) is 11.3. The second-order valence-electron chi connectivity index (χ2n) is 16.9. The molecule has 0 aliphatic carbocycles. The number of carbonyl (C=O) groups excluding carboxylic acids is 2. The fourth-order valence-corrected chi connectivity index (χ4v) is 7.41. The van der Waals surface area contributed by atoms with E-state index in [1.807, 2.05) is 0 Å². The van der Waals surface area contributed by atoms with E-state index in [9.17, 15) is 30.0 Å². The largest absolute Gasteiger partial charge is 0.462 e. The molecule has 10 nitrogen and oxygen atoms in total. The molecule has 1 aliphatic rings. The molecule has 0 aromatic heterocycles. The Morgan fingerprint density at radius 1 is 0.508 bits per heavy atom. The lowest BCUT2D eigenvalue weighted by Gasteiger charge is -2.39. The van der Waals surface area contributed by atoms with E-state index in [4.69, 9.17) is 18.9 Å². The molecule has 1 fully saturated rings. The van der Waals surface area contributed by atoms with Crippen LogP contribution in [-0.2, 0) is 28.5 Å². The van der Waals surface area contributed by atoms with Crippen LogP contribution in [0.3, 0.4) is 0 Å². The van der Waals surface area contributed by atoms with E-state index in [0.29, 0.717) is 6.42 Å². The van der Waals surface area contributed by atoms with Crippen molar-refractivity contribution in [1.82, 2.24) is 0 Å². The molecule has 1 rings (SSSR count). The van der Waals surface area contributed by atoms with Crippen molar-refractivity contribution in [3.8, 4) is 0 Å². The van der Waals surface area contributed by atoms with Crippen LogP contribution < -0.4 is 0 Å². The molecule has 2 unspecified atom stereocenters. The normalized spacial score (nSPS) is 20.1. The molecule has 1 heterocycles. The van der Waals surface area contributed by atoms with E-state index in [-0.39, 0.29) is 32.0 Å². The van der Waals surface area contributed by atoms with Crippen molar-refractivity contribution in [2.75, 3.05) is 19.8 Å². The molecule has 0 aromatic rings. The van der Waals surface area contributed by atoms with Crippen molar-refractivity contribution in [3.05, 3.63) is 24.3 Å². The van der Waals surface area contributed by atoms with Gasteiger partial charge in [0.2, 0.25) is 0 Å². The fourth-order valence-electron chi connectivity index (χ4n) is 7.41. The van der Waals surface area contributed by atoms with Crippen LogP contribution in [0, 0.1) is 0 Å². The standard InChI is InChI=1S/C49H90O10/c1-3-5-7-9-11-13-15-17-19-21-23-25-27-29-31-33-35-37-44(51)56-40-42(41-57-49-48(55)47(54)46(53)43(39-50)59-49)58-45(52)38-36-34-32-30-28-26-24-22-20-18-16-14-12-10-8-6-4-2/h13-16,42-43,46-50,53-55H,3-12,17-41H2,1-2H3/b15-13+,16-14+/t42-,43-,46+,47?,48?,49-/m0/s1. The molecule has 0 bridgehead atoms. The van der Waals surface area contributed by atoms with E-state index in [0.717, 1.165) is 44.9 Å². The van der Waals surface area contributed by atoms with Gasteiger partial charge in [-0.3, -0.25) is 9.59 Å². The minimum Gasteiger partial charge on any atom is -0.462 e. The van der Waals surface area contributed by atoms with Crippen LogP contribution in [0.2, 0.25) is 0 Å². The summed E-state index contributed by atoms with van der Waals surface area (Å²) >= 11 is 0. The molecule has 6 atom stereocenters. The predicted molar refractivity (Wildman–Crippen MR) is 238 cm³/mol. The summed E-state index contributed by atoms with van der Waals surface area (Å²) in [6, 6.07) is 0. The Bertz CT molecular complexity index is 1020. The Morgan fingerprint density at radius 2 is 0.898 bits per heavy atom. The van der Waals surface area contributed by atoms with Crippen molar-refractivity contribution in [2.24, 2.45) is 0 Å². The first-order chi connectivity index (χ1) is 28.8. The maximum absolute atomic E-state index is 12.8. The maximum atomic E-state index is 12.8. The van der Waals surface area contributed by atoms with E-state index in [2.05, 4.69) is 38.2 Å². The summed E-state index contributed by atoms with van der Waals surface area (Å²) in [5, 5.41) is 40.1. The van der Waals surface area contributed by atoms with Gasteiger partial charge in [-0.2, -0.15) is 0 Å². The van der Waals surface area contributed by atoms with Crippen LogP contribution in [0.25, 0.3) is 0 Å². The van der Waals surface area contributed by atoms with Crippen molar-refractivity contribution in [1.29, 1.82) is 0 Å². The third-order valence-electron chi connectivity index (χ3n) is 11.3. The number of carbonyl (C=O) groups is 2. The fraction of sp³-hybridized carbons (Fsp3) is 0.878. The van der Waals surface area contributed by atoms with Gasteiger partial charge in [0, 0.05) is 12.8 Å². The van der Waals surface area contributed by atoms with Crippen LogP contribution in [0.5, 0.6) is 0 Å². The molecule has 1 aliphatic heterocycles. The molecule has 346 valence electrons. The summed E-state index contributed by atoms with van der Waals surface area (Å²) in [7, 11) is 0. The van der Waals surface area contributed by atoms with Crippen molar-refractivity contribution in [2.45, 2.75) is 256 Å². The Labute approximate surface area is 360 Å². The average molecular weight is 839 g/mol. The highest BCUT2D eigenvalue weighted by Gasteiger charge is 2.44. The quantitative estimate of drug-likeness (QED) is 0.0266. The molecule has 0 saturated carbocycles. The Hall–Kier alpha value is -1.82. The summed E-state index contributed by atoms with van der Waals surface area (Å²) in [4.78, 5) is 25.4. The minimum absolute atomic E-state index is 0.216. The number of hydrogen-bond donors (Lipinski definition) is 4. The number of aliphatic hydroxyl groups excluding tert-OH is 4. The topological polar surface area (TPSA) is 152 Å². The van der Waals surface area contributed by atoms with Gasteiger partial charge < -0.3 is 39.4 Å². The monoisotopic (exact) mass is 839 g/mol. The smallest absolute Gasteiger partial charge is 0.306 e. The van der Waals surface area contributed by atoms with Gasteiger partial charge in [0.1, 0.15) is 31.0 Å². The van der Waals surface area contributed by atoms with Gasteiger partial charge in [0.05, 0.1) is 13.2 Å². The highest BCUT2D eigenvalue weighted by atomic mass is 16.7. The van der Waals surface area contributed by atoms with Crippen molar-refractivity contribution >= 4 is 11.9 Å². The molecule has 0 spiro atoms. The van der Waals surface area contributed by atoms with Gasteiger partial charge in [-0.25, -0.2) is 0 Å². The van der Waals surface area contributed by atoms with Crippen LogP contribution in [0.15, 0.2) is 24.3 Å². The molecule has 4 N–H and O–H groups in total. The molecule has 0 amide bonds. The molecule has 0 radical (unpaired) electrons. The van der Waals surface area contributed by atoms with Crippen LogP contribution >= 0.6 is 0 Å². The van der Waals surface area contributed by atoms with Crippen LogP contribution in [0.1, 0.15) is 219 Å². The number of aliphatic hydroxyl groups is 4. The number of esters is 2. The van der Waals surface area contributed by atoms with Gasteiger partial charge in [-0.05, 0) is 64.2 Å². The highest BCUT2D eigenvalue weighted by molar-refractivity contribution is 5.70. The lowest BCUT2D eigenvalue weighted by atomic mass is 9.99. The van der Waals surface area contributed by atoms with Gasteiger partial charge in [0.25, 0.3) is 0 Å². The number of unbranched alkanes of at least 4 members (excludes halogenated alkanes) is 26. The second-order valence-corrected chi connectivity index (χ2v) is 16.9. The lowest BCUT2D eigenvalue weighted by Crippen LogP contribution is -2.59. The van der Waals surface area contributed by atoms with Gasteiger partial charge in [-0.1, -0.05) is 167 Å². The number of hydrogen-bond acceptors (Lipinski definition) is 10. The molecule has 59 heavy (non-hydrogen) atoms. The average Bonchev–Trinajstić information content (AvgIpc) is 3.23. The Morgan fingerprint density at radius 3 is 1.32 bits per heavy atom. The van der Waals surface area contributed by atoms with Gasteiger partial charge in [-0.15, -0.1) is 0 Å². The third kappa shape index (κ3) is 31.7. The predicted octanol–water partition coefficient (Wildman–Crippen LogP) is 10.9. The summed E-state index contributed by atoms with van der Waals surface area (Å²) < 4.78 is 22.2. The molecule has 0 aromatic carbocycles. The van der Waals surface area contributed by atoms with E-state index >= 15 is 0 Å². The zero-order chi connectivity index (χ0) is 43.0. The zero-order valence-corrected chi connectivity index (χ0v) is 37.8. The van der Waals surface area contributed by atoms with Gasteiger partial charge >= 0.3 is 11.9 Å². The molecular formula is C49H90O10. The summed E-state index contributed by atoms with van der Waals surface area (Å²) in [6.07, 6.45) is 37.5. The van der Waals surface area contributed by atoms with Crippen LogP contribution in [-0.4, -0.2) is 89.0 Å². The first kappa shape index (κ1) is 55.2. The summed E-state index contributed by atoms with van der Waals surface area (Å²) in [6.45, 7) is 3.42. The number of rotatable bonds is 41. The van der Waals surface area contributed by atoms with Crippen LogP contribution in [0.4, 0.5) is 0 Å². The Kier molecular flexibility index (Phi) is 37.7. The maximum Gasteiger partial charge on any atom is 0.306 e. The number of ether oxygens (including phenoxy) is 4. The summed E-state index contributed by atoms with van der Waals surface area (Å²) in [5.74, 6) is -0.803. The van der Waals surface area contributed by atoms with E-state index in [1.54, 1.807) is 0 Å². The zero-order valence-electron chi connectivity index (χ0n) is 37.8. The van der Waals surface area contributed by atoms with Gasteiger partial charge in [0.15, 0.2) is 12.4 Å². The second kappa shape index (κ2) is 40.3. The molecule has 1 saturated heterocycles. The molecule has 10 heteroatoms. The molecular weight excluding hydrogens is 749 g/mol. The van der Waals surface area contributed by atoms with Crippen molar-refractivity contribution in [3.63, 3.8) is 0 Å². The lowest BCUT2D eigenvalue weighted by molar-refractivity contribution is -0.305.